The minimum absolute atomic E-state index is 0.00979. The minimum Gasteiger partial charge on any atom is -0.370 e. The lowest BCUT2D eigenvalue weighted by atomic mass is 10.0. The number of nitrogens with one attached hydrogen (secondary N) is 2. The van der Waals surface area contributed by atoms with Crippen LogP contribution >= 0.6 is 0 Å². The Morgan fingerprint density at radius 2 is 1.89 bits per heavy atom. The first-order valence-electron chi connectivity index (χ1n) is 12.1. The number of hydrogen-bond acceptors (Lipinski definition) is 5. The summed E-state index contributed by atoms with van der Waals surface area (Å²) < 4.78 is 5.20. The first-order valence-corrected chi connectivity index (χ1v) is 12.1. The standard InChI is InChI=1S/C28H26N4O4/c1-17-5-11-24(27(34)29-17)32-23-12-10-22(20-3-2-4-21(26(20)23)28(32)35)30-19-8-6-18(7-9-19)15-31-13-14-36-16-25(31)33/h2-4,6-10,12,24,30H,1,5,11,13-16H2,(H,29,34). The van der Waals surface area contributed by atoms with Crippen LogP contribution in [0, 0.1) is 0 Å². The molecule has 3 aliphatic heterocycles. The number of ether oxygens (including phenoxy) is 1. The maximum Gasteiger partial charge on any atom is 0.259 e. The van der Waals surface area contributed by atoms with Crippen molar-refractivity contribution in [2.75, 3.05) is 30.0 Å². The molecule has 1 atom stereocenters. The van der Waals surface area contributed by atoms with Crippen LogP contribution in [0.4, 0.5) is 17.1 Å². The highest BCUT2D eigenvalue weighted by Gasteiger charge is 2.40. The molecule has 1 unspecified atom stereocenters. The molecule has 0 bridgehead atoms. The van der Waals surface area contributed by atoms with E-state index in [9.17, 15) is 14.4 Å². The third-order valence-corrected chi connectivity index (χ3v) is 7.05. The molecule has 36 heavy (non-hydrogen) atoms. The molecule has 3 aromatic rings. The van der Waals surface area contributed by atoms with Gasteiger partial charge in [0.15, 0.2) is 0 Å². The van der Waals surface area contributed by atoms with Gasteiger partial charge in [0.25, 0.3) is 5.91 Å². The Morgan fingerprint density at radius 1 is 1.06 bits per heavy atom. The molecule has 2 saturated heterocycles. The van der Waals surface area contributed by atoms with Gasteiger partial charge in [0.05, 0.1) is 12.3 Å². The fourth-order valence-electron chi connectivity index (χ4n) is 5.22. The van der Waals surface area contributed by atoms with Crippen LogP contribution in [0.5, 0.6) is 0 Å². The zero-order chi connectivity index (χ0) is 24.8. The fraction of sp³-hybridized carbons (Fsp3) is 0.250. The Bertz CT molecular complexity index is 1420. The van der Waals surface area contributed by atoms with E-state index in [4.69, 9.17) is 4.74 Å². The van der Waals surface area contributed by atoms with Crippen molar-refractivity contribution in [3.8, 4) is 0 Å². The Balaban J connectivity index is 1.27. The number of piperidine rings is 1. The first-order chi connectivity index (χ1) is 17.5. The molecule has 0 aliphatic carbocycles. The highest BCUT2D eigenvalue weighted by atomic mass is 16.5. The minimum atomic E-state index is -0.552. The Hall–Kier alpha value is -4.17. The summed E-state index contributed by atoms with van der Waals surface area (Å²) in [5, 5.41) is 8.04. The predicted molar refractivity (Wildman–Crippen MR) is 137 cm³/mol. The van der Waals surface area contributed by atoms with Gasteiger partial charge in [0, 0.05) is 46.5 Å². The second-order valence-electron chi connectivity index (χ2n) is 9.37. The molecule has 3 heterocycles. The van der Waals surface area contributed by atoms with Crippen molar-refractivity contribution < 1.29 is 19.1 Å². The molecule has 0 spiro atoms. The summed E-state index contributed by atoms with van der Waals surface area (Å²) in [7, 11) is 0. The quantitative estimate of drug-likeness (QED) is 0.579. The van der Waals surface area contributed by atoms with Crippen LogP contribution in [-0.4, -0.2) is 48.4 Å². The molecular weight excluding hydrogens is 456 g/mol. The molecule has 8 nitrogen and oxygen atoms in total. The summed E-state index contributed by atoms with van der Waals surface area (Å²) in [6, 6.07) is 17.0. The van der Waals surface area contributed by atoms with Crippen molar-refractivity contribution in [1.29, 1.82) is 0 Å². The smallest absolute Gasteiger partial charge is 0.259 e. The van der Waals surface area contributed by atoms with E-state index >= 15 is 0 Å². The van der Waals surface area contributed by atoms with Crippen LogP contribution in [0.2, 0.25) is 0 Å². The van der Waals surface area contributed by atoms with Crippen molar-refractivity contribution >= 4 is 45.6 Å². The number of amides is 3. The van der Waals surface area contributed by atoms with E-state index in [1.807, 2.05) is 54.6 Å². The normalized spacial score (nSPS) is 19.7. The predicted octanol–water partition coefficient (Wildman–Crippen LogP) is 3.69. The Kier molecular flexibility index (Phi) is 5.45. The van der Waals surface area contributed by atoms with Crippen molar-refractivity contribution in [3.63, 3.8) is 0 Å². The van der Waals surface area contributed by atoms with Crippen molar-refractivity contribution in [1.82, 2.24) is 10.2 Å². The zero-order valence-corrected chi connectivity index (χ0v) is 19.8. The van der Waals surface area contributed by atoms with Crippen LogP contribution in [0.1, 0.15) is 28.8 Å². The highest BCUT2D eigenvalue weighted by molar-refractivity contribution is 6.28. The summed E-state index contributed by atoms with van der Waals surface area (Å²) in [5.41, 5.74) is 4.88. The molecule has 182 valence electrons. The summed E-state index contributed by atoms with van der Waals surface area (Å²) in [6.45, 7) is 5.72. The molecule has 3 aromatic carbocycles. The van der Waals surface area contributed by atoms with Gasteiger partial charge < -0.3 is 20.3 Å². The molecule has 0 aromatic heterocycles. The maximum atomic E-state index is 13.4. The number of rotatable bonds is 5. The number of morpholine rings is 1. The van der Waals surface area contributed by atoms with Crippen molar-refractivity contribution in [2.24, 2.45) is 0 Å². The number of allylic oxidation sites excluding steroid dienone is 1. The third-order valence-electron chi connectivity index (χ3n) is 7.05. The number of hydrogen-bond donors (Lipinski definition) is 2. The fourth-order valence-corrected chi connectivity index (χ4v) is 5.22. The van der Waals surface area contributed by atoms with Gasteiger partial charge >= 0.3 is 0 Å². The number of benzene rings is 3. The molecular formula is C28H26N4O4. The van der Waals surface area contributed by atoms with Crippen LogP contribution < -0.4 is 15.5 Å². The van der Waals surface area contributed by atoms with E-state index in [0.29, 0.717) is 43.8 Å². The molecule has 8 heteroatoms. The number of nitrogens with zero attached hydrogens (tertiary/aromatic N) is 2. The third kappa shape index (κ3) is 3.79. The van der Waals surface area contributed by atoms with E-state index in [2.05, 4.69) is 17.2 Å². The van der Waals surface area contributed by atoms with E-state index in [1.54, 1.807) is 9.80 Å². The molecule has 2 N–H and O–H groups in total. The lowest BCUT2D eigenvalue weighted by Crippen LogP contribution is -2.51. The topological polar surface area (TPSA) is 91.0 Å². The lowest BCUT2D eigenvalue weighted by molar-refractivity contribution is -0.143. The highest BCUT2D eigenvalue weighted by Crippen LogP contribution is 2.43. The second kappa shape index (κ2) is 8.80. The van der Waals surface area contributed by atoms with Gasteiger partial charge in [-0.2, -0.15) is 0 Å². The number of carbonyl (C=O) groups is 3. The lowest BCUT2D eigenvalue weighted by Gasteiger charge is -2.31. The largest absolute Gasteiger partial charge is 0.370 e. The molecule has 2 fully saturated rings. The van der Waals surface area contributed by atoms with Crippen LogP contribution in [0.15, 0.2) is 66.9 Å². The zero-order valence-electron chi connectivity index (χ0n) is 19.8. The van der Waals surface area contributed by atoms with Gasteiger partial charge in [-0.05, 0) is 48.7 Å². The van der Waals surface area contributed by atoms with Gasteiger partial charge in [0.1, 0.15) is 12.6 Å². The summed E-state index contributed by atoms with van der Waals surface area (Å²) in [6.07, 6.45) is 1.20. The van der Waals surface area contributed by atoms with Crippen LogP contribution in [0.3, 0.4) is 0 Å². The van der Waals surface area contributed by atoms with Crippen LogP contribution in [0.25, 0.3) is 10.8 Å². The monoisotopic (exact) mass is 482 g/mol. The number of anilines is 3. The van der Waals surface area contributed by atoms with Gasteiger partial charge in [-0.1, -0.05) is 30.8 Å². The molecule has 3 amide bonds. The van der Waals surface area contributed by atoms with Gasteiger partial charge in [-0.3, -0.25) is 19.3 Å². The summed E-state index contributed by atoms with van der Waals surface area (Å²) in [5.74, 6) is -0.334. The Morgan fingerprint density at radius 3 is 2.67 bits per heavy atom. The second-order valence-corrected chi connectivity index (χ2v) is 9.37. The number of carbonyl (C=O) groups excluding carboxylic acids is 3. The van der Waals surface area contributed by atoms with E-state index in [0.717, 1.165) is 33.4 Å². The maximum absolute atomic E-state index is 13.4. The summed E-state index contributed by atoms with van der Waals surface area (Å²) >= 11 is 0. The summed E-state index contributed by atoms with van der Waals surface area (Å²) in [4.78, 5) is 41.5. The van der Waals surface area contributed by atoms with E-state index < -0.39 is 6.04 Å². The van der Waals surface area contributed by atoms with Gasteiger partial charge in [-0.15, -0.1) is 0 Å². The van der Waals surface area contributed by atoms with Gasteiger partial charge in [-0.25, -0.2) is 0 Å². The molecule has 0 radical (unpaired) electrons. The first kappa shape index (κ1) is 22.3. The molecule has 3 aliphatic rings. The average molecular weight is 483 g/mol. The SMILES string of the molecule is C=C1CCC(N2C(=O)c3cccc4c(Nc5ccc(CN6CCOCC6=O)cc5)ccc2c34)C(=O)N1. The van der Waals surface area contributed by atoms with Crippen molar-refractivity contribution in [2.45, 2.75) is 25.4 Å². The van der Waals surface area contributed by atoms with Gasteiger partial charge in [0.2, 0.25) is 11.8 Å². The van der Waals surface area contributed by atoms with E-state index in [1.165, 1.54) is 0 Å². The average Bonchev–Trinajstić information content (AvgIpc) is 3.16. The Labute approximate surface area is 208 Å². The van der Waals surface area contributed by atoms with E-state index in [-0.39, 0.29) is 24.3 Å². The molecule has 0 saturated carbocycles. The van der Waals surface area contributed by atoms with Crippen molar-refractivity contribution in [3.05, 3.63) is 78.0 Å². The molecule has 6 rings (SSSR count). The van der Waals surface area contributed by atoms with Crippen LogP contribution in [-0.2, 0) is 20.9 Å².